The van der Waals surface area contributed by atoms with Crippen LogP contribution >= 0.6 is 0 Å². The lowest BCUT2D eigenvalue weighted by molar-refractivity contribution is 0.556. The van der Waals surface area contributed by atoms with Gasteiger partial charge in [0, 0.05) is 0 Å². The van der Waals surface area contributed by atoms with Gasteiger partial charge in [-0.25, -0.2) is 0 Å². The third kappa shape index (κ3) is 7.34. The summed E-state index contributed by atoms with van der Waals surface area (Å²) in [6.07, 6.45) is 14.7. The van der Waals surface area contributed by atoms with Crippen molar-refractivity contribution in [1.29, 1.82) is 5.26 Å². The summed E-state index contributed by atoms with van der Waals surface area (Å²) in [7, 11) is 0. The van der Waals surface area contributed by atoms with Gasteiger partial charge in [0.1, 0.15) is 0 Å². The fraction of sp³-hybridized carbons (Fsp3) is 0.632. The zero-order valence-electron chi connectivity index (χ0n) is 13.0. The summed E-state index contributed by atoms with van der Waals surface area (Å²) >= 11 is 0. The number of nitriles is 1. The second kappa shape index (κ2) is 11.5. The van der Waals surface area contributed by atoms with Crippen LogP contribution in [0.5, 0.6) is 0 Å². The van der Waals surface area contributed by atoms with Crippen molar-refractivity contribution in [2.24, 2.45) is 0 Å². The van der Waals surface area contributed by atoms with Crippen LogP contribution in [0.4, 0.5) is 0 Å². The van der Waals surface area contributed by atoms with E-state index in [1.54, 1.807) is 0 Å². The molecule has 0 heterocycles. The van der Waals surface area contributed by atoms with Crippen molar-refractivity contribution < 1.29 is 0 Å². The van der Waals surface area contributed by atoms with Gasteiger partial charge in [-0.3, -0.25) is 0 Å². The molecule has 0 radical (unpaired) electrons. The third-order valence-corrected chi connectivity index (χ3v) is 3.94. The molecule has 1 nitrogen and oxygen atoms in total. The minimum atomic E-state index is 0.850. The van der Waals surface area contributed by atoms with E-state index in [1.165, 1.54) is 69.8 Å². The van der Waals surface area contributed by atoms with E-state index in [1.807, 2.05) is 18.2 Å². The van der Waals surface area contributed by atoms with E-state index in [2.05, 4.69) is 19.1 Å². The maximum Gasteiger partial charge on any atom is 0.0994 e. The van der Waals surface area contributed by atoms with Crippen molar-refractivity contribution in [2.75, 3.05) is 0 Å². The van der Waals surface area contributed by atoms with Gasteiger partial charge < -0.3 is 0 Å². The summed E-state index contributed by atoms with van der Waals surface area (Å²) in [6.45, 7) is 2.27. The van der Waals surface area contributed by atoms with Crippen molar-refractivity contribution in [3.05, 3.63) is 35.4 Å². The van der Waals surface area contributed by atoms with Crippen LogP contribution in [0.25, 0.3) is 0 Å². The molecule has 1 heteroatoms. The molecule has 0 aromatic heterocycles. The average Bonchev–Trinajstić information content (AvgIpc) is 2.49. The molecule has 0 amide bonds. The monoisotopic (exact) mass is 271 g/mol. The van der Waals surface area contributed by atoms with Crippen LogP contribution in [0.2, 0.25) is 0 Å². The fourth-order valence-corrected chi connectivity index (χ4v) is 2.65. The zero-order chi connectivity index (χ0) is 14.5. The predicted octanol–water partition coefficient (Wildman–Crippen LogP) is 6.02. The topological polar surface area (TPSA) is 23.8 Å². The number of nitrogens with zero attached hydrogens (tertiary/aromatic N) is 1. The molecular formula is C19H29N. The summed E-state index contributed by atoms with van der Waals surface area (Å²) in [6, 6.07) is 10.3. The van der Waals surface area contributed by atoms with Crippen molar-refractivity contribution in [3.63, 3.8) is 0 Å². The van der Waals surface area contributed by atoms with Crippen molar-refractivity contribution in [3.8, 4) is 6.07 Å². The molecule has 0 aliphatic rings. The molecule has 0 bridgehead atoms. The second-order valence-corrected chi connectivity index (χ2v) is 5.70. The van der Waals surface area contributed by atoms with Crippen LogP contribution < -0.4 is 0 Å². The molecule has 20 heavy (non-hydrogen) atoms. The van der Waals surface area contributed by atoms with Crippen LogP contribution in [-0.2, 0) is 6.42 Å². The zero-order valence-corrected chi connectivity index (χ0v) is 13.0. The van der Waals surface area contributed by atoms with Crippen LogP contribution in [0.15, 0.2) is 24.3 Å². The molecule has 0 aliphatic heterocycles. The Morgan fingerprint density at radius 3 is 1.95 bits per heavy atom. The van der Waals surface area contributed by atoms with Gasteiger partial charge >= 0.3 is 0 Å². The molecule has 0 aliphatic carbocycles. The molecule has 0 fully saturated rings. The lowest BCUT2D eigenvalue weighted by Gasteiger charge is -2.04. The fourth-order valence-electron chi connectivity index (χ4n) is 2.65. The van der Waals surface area contributed by atoms with Gasteiger partial charge in [-0.05, 0) is 24.5 Å². The summed E-state index contributed by atoms with van der Waals surface area (Å²) < 4.78 is 0. The number of rotatable bonds is 11. The Balaban J connectivity index is 1.98. The molecule has 1 aromatic rings. The Labute approximate surface area is 125 Å². The van der Waals surface area contributed by atoms with Gasteiger partial charge in [-0.15, -0.1) is 0 Å². The summed E-state index contributed by atoms with van der Waals surface area (Å²) in [5.74, 6) is 0. The first kappa shape index (κ1) is 16.8. The lowest BCUT2D eigenvalue weighted by Crippen LogP contribution is -1.90. The van der Waals surface area contributed by atoms with E-state index in [0.29, 0.717) is 0 Å². The maximum atomic E-state index is 9.03. The lowest BCUT2D eigenvalue weighted by atomic mass is 10.0. The average molecular weight is 271 g/mol. The number of benzene rings is 1. The van der Waals surface area contributed by atoms with Crippen LogP contribution in [0, 0.1) is 11.3 Å². The number of aryl methyl sites for hydroxylation is 1. The van der Waals surface area contributed by atoms with Crippen molar-refractivity contribution in [2.45, 2.75) is 77.6 Å². The van der Waals surface area contributed by atoms with Crippen LogP contribution in [0.1, 0.15) is 82.3 Å². The van der Waals surface area contributed by atoms with E-state index in [9.17, 15) is 0 Å². The predicted molar refractivity (Wildman–Crippen MR) is 86.7 cm³/mol. The Bertz CT molecular complexity index is 389. The molecule has 0 N–H and O–H groups in total. The van der Waals surface area contributed by atoms with E-state index in [0.717, 1.165) is 12.0 Å². The highest BCUT2D eigenvalue weighted by atomic mass is 14.2. The highest BCUT2D eigenvalue weighted by Gasteiger charge is 2.00. The van der Waals surface area contributed by atoms with Crippen molar-refractivity contribution >= 4 is 0 Å². The molecule has 0 saturated carbocycles. The number of hydrogen-bond acceptors (Lipinski definition) is 1. The normalized spacial score (nSPS) is 10.4. The Morgan fingerprint density at radius 1 is 0.800 bits per heavy atom. The Kier molecular flexibility index (Phi) is 9.66. The molecule has 0 spiro atoms. The quantitative estimate of drug-likeness (QED) is 0.451. The smallest absolute Gasteiger partial charge is 0.0994 e. The Hall–Kier alpha value is -1.29. The SMILES string of the molecule is CCCCCCCCCCCCc1ccccc1C#N. The van der Waals surface area contributed by atoms with Crippen molar-refractivity contribution in [1.82, 2.24) is 0 Å². The minimum absolute atomic E-state index is 0.850. The largest absolute Gasteiger partial charge is 0.192 e. The molecule has 0 atom stereocenters. The Morgan fingerprint density at radius 2 is 1.35 bits per heavy atom. The highest BCUT2D eigenvalue weighted by Crippen LogP contribution is 2.14. The van der Waals surface area contributed by atoms with Gasteiger partial charge in [0.15, 0.2) is 0 Å². The summed E-state index contributed by atoms with van der Waals surface area (Å²) in [4.78, 5) is 0. The first-order valence-electron chi connectivity index (χ1n) is 8.36. The van der Waals surface area contributed by atoms with Gasteiger partial charge in [0.2, 0.25) is 0 Å². The molecule has 0 saturated heterocycles. The number of unbranched alkanes of at least 4 members (excludes halogenated alkanes) is 9. The van der Waals surface area contributed by atoms with Crippen LogP contribution in [-0.4, -0.2) is 0 Å². The molecule has 1 aromatic carbocycles. The molecule has 0 unspecified atom stereocenters. The molecular weight excluding hydrogens is 242 g/mol. The first-order chi connectivity index (χ1) is 9.88. The highest BCUT2D eigenvalue weighted by molar-refractivity contribution is 5.37. The standard InChI is InChI=1S/C19H29N/c1-2-3-4-5-6-7-8-9-10-11-14-18-15-12-13-16-19(18)17-20/h12-13,15-16H,2-11,14H2,1H3. The van der Waals surface area contributed by atoms with Crippen LogP contribution in [0.3, 0.4) is 0 Å². The summed E-state index contributed by atoms with van der Waals surface area (Å²) in [5, 5.41) is 9.03. The second-order valence-electron chi connectivity index (χ2n) is 5.70. The first-order valence-corrected chi connectivity index (χ1v) is 8.36. The van der Waals surface area contributed by atoms with Gasteiger partial charge in [-0.1, -0.05) is 82.9 Å². The minimum Gasteiger partial charge on any atom is -0.192 e. The van der Waals surface area contributed by atoms with Gasteiger partial charge in [0.25, 0.3) is 0 Å². The van der Waals surface area contributed by atoms with Gasteiger partial charge in [0.05, 0.1) is 11.6 Å². The van der Waals surface area contributed by atoms with E-state index >= 15 is 0 Å². The van der Waals surface area contributed by atoms with E-state index < -0.39 is 0 Å². The van der Waals surface area contributed by atoms with Gasteiger partial charge in [-0.2, -0.15) is 5.26 Å². The maximum absolute atomic E-state index is 9.03. The number of hydrogen-bond donors (Lipinski definition) is 0. The summed E-state index contributed by atoms with van der Waals surface area (Å²) in [5.41, 5.74) is 2.07. The van der Waals surface area contributed by atoms with E-state index in [4.69, 9.17) is 5.26 Å². The van der Waals surface area contributed by atoms with E-state index in [-0.39, 0.29) is 0 Å². The molecule has 1 rings (SSSR count). The third-order valence-electron chi connectivity index (χ3n) is 3.94. The molecule has 110 valence electrons.